The lowest BCUT2D eigenvalue weighted by atomic mass is 10.2. The third-order valence-electron chi connectivity index (χ3n) is 4.24. The Labute approximate surface area is 146 Å². The molecule has 0 aliphatic heterocycles. The number of aliphatic hydroxyl groups excluding tert-OH is 1. The van der Waals surface area contributed by atoms with Crippen LogP contribution in [0.5, 0.6) is 0 Å². The lowest BCUT2D eigenvalue weighted by Gasteiger charge is -2.15. The van der Waals surface area contributed by atoms with E-state index in [4.69, 9.17) is 5.11 Å². The molecule has 3 rings (SSSR count). The Morgan fingerprint density at radius 2 is 2.12 bits per heavy atom. The molecule has 7 heteroatoms. The number of hydrogen-bond donors (Lipinski definition) is 2. The summed E-state index contributed by atoms with van der Waals surface area (Å²) in [6.45, 7) is 7.03. The summed E-state index contributed by atoms with van der Waals surface area (Å²) in [5.41, 5.74) is 4.27. The molecule has 0 aliphatic rings. The molecule has 0 spiro atoms. The topological polar surface area (TPSA) is 85.0 Å². The maximum Gasteiger partial charge on any atom is 0.251 e. The van der Waals surface area contributed by atoms with Crippen molar-refractivity contribution in [1.82, 2.24) is 24.6 Å². The van der Waals surface area contributed by atoms with E-state index >= 15 is 0 Å². The number of rotatable bonds is 6. The number of benzene rings is 1. The molecule has 1 atom stereocenters. The number of nitrogens with zero attached hydrogens (tertiary/aromatic N) is 4. The van der Waals surface area contributed by atoms with Crippen LogP contribution >= 0.6 is 0 Å². The van der Waals surface area contributed by atoms with Crippen molar-refractivity contribution in [3.05, 3.63) is 47.5 Å². The second-order valence-electron chi connectivity index (χ2n) is 6.30. The SMILES string of the molecule is Cc1cc(C)n([C@H](C)CNC(=O)c2ccc3c(c2)ncn3CCO)n1. The van der Waals surface area contributed by atoms with E-state index in [1.807, 2.05) is 42.2 Å². The summed E-state index contributed by atoms with van der Waals surface area (Å²) in [5, 5.41) is 16.5. The van der Waals surface area contributed by atoms with Crippen LogP contribution in [0.25, 0.3) is 11.0 Å². The van der Waals surface area contributed by atoms with Crippen LogP contribution in [0.2, 0.25) is 0 Å². The number of imidazole rings is 1. The van der Waals surface area contributed by atoms with E-state index in [2.05, 4.69) is 15.4 Å². The largest absolute Gasteiger partial charge is 0.395 e. The third-order valence-corrected chi connectivity index (χ3v) is 4.24. The number of carbonyl (C=O) groups is 1. The molecular formula is C18H23N5O2. The Morgan fingerprint density at radius 1 is 1.32 bits per heavy atom. The first-order valence-corrected chi connectivity index (χ1v) is 8.36. The smallest absolute Gasteiger partial charge is 0.251 e. The number of aryl methyl sites for hydroxylation is 2. The summed E-state index contributed by atoms with van der Waals surface area (Å²) < 4.78 is 3.79. The maximum atomic E-state index is 12.4. The van der Waals surface area contributed by atoms with Crippen molar-refractivity contribution in [2.75, 3.05) is 13.2 Å². The number of aliphatic hydroxyl groups is 1. The first-order valence-electron chi connectivity index (χ1n) is 8.36. The van der Waals surface area contributed by atoms with Crippen LogP contribution in [0, 0.1) is 13.8 Å². The fourth-order valence-corrected chi connectivity index (χ4v) is 3.01. The van der Waals surface area contributed by atoms with Crippen molar-refractivity contribution in [2.24, 2.45) is 0 Å². The molecule has 2 heterocycles. The Kier molecular flexibility index (Phi) is 4.85. The fraction of sp³-hybridized carbons (Fsp3) is 0.389. The highest BCUT2D eigenvalue weighted by atomic mass is 16.3. The lowest BCUT2D eigenvalue weighted by molar-refractivity contribution is 0.0948. The van der Waals surface area contributed by atoms with E-state index in [-0.39, 0.29) is 18.6 Å². The summed E-state index contributed by atoms with van der Waals surface area (Å²) in [7, 11) is 0. The zero-order valence-electron chi connectivity index (χ0n) is 14.7. The van der Waals surface area contributed by atoms with Crippen LogP contribution in [0.3, 0.4) is 0 Å². The van der Waals surface area contributed by atoms with Crippen LogP contribution in [0.4, 0.5) is 0 Å². The Bertz CT molecular complexity index is 896. The maximum absolute atomic E-state index is 12.4. The van der Waals surface area contributed by atoms with Gasteiger partial charge in [-0.05, 0) is 45.0 Å². The van der Waals surface area contributed by atoms with Gasteiger partial charge in [0.1, 0.15) is 0 Å². The summed E-state index contributed by atoms with van der Waals surface area (Å²) in [5.74, 6) is -0.132. The molecule has 0 unspecified atom stereocenters. The summed E-state index contributed by atoms with van der Waals surface area (Å²) >= 11 is 0. The highest BCUT2D eigenvalue weighted by Crippen LogP contribution is 2.15. The molecule has 1 aromatic carbocycles. The number of aromatic nitrogens is 4. The molecule has 0 radical (unpaired) electrons. The fourth-order valence-electron chi connectivity index (χ4n) is 3.01. The van der Waals surface area contributed by atoms with Crippen LogP contribution in [0.1, 0.15) is 34.7 Å². The molecule has 0 saturated carbocycles. The van der Waals surface area contributed by atoms with Gasteiger partial charge in [0.2, 0.25) is 0 Å². The van der Waals surface area contributed by atoms with E-state index in [1.165, 1.54) is 0 Å². The molecule has 0 aliphatic carbocycles. The van der Waals surface area contributed by atoms with Gasteiger partial charge in [-0.25, -0.2) is 4.98 Å². The highest BCUT2D eigenvalue weighted by Gasteiger charge is 2.13. The van der Waals surface area contributed by atoms with Gasteiger partial charge >= 0.3 is 0 Å². The first-order chi connectivity index (χ1) is 12.0. The lowest BCUT2D eigenvalue weighted by Crippen LogP contribution is -2.30. The van der Waals surface area contributed by atoms with Crippen molar-refractivity contribution in [1.29, 1.82) is 0 Å². The monoisotopic (exact) mass is 341 g/mol. The van der Waals surface area contributed by atoms with Gasteiger partial charge in [0.25, 0.3) is 5.91 Å². The molecule has 2 N–H and O–H groups in total. The molecule has 2 aromatic heterocycles. The first kappa shape index (κ1) is 17.2. The second-order valence-corrected chi connectivity index (χ2v) is 6.30. The standard InChI is InChI=1S/C18H23N5O2/c1-12-8-13(2)23(21-12)14(3)10-19-18(25)15-4-5-17-16(9-15)20-11-22(17)6-7-24/h4-5,8-9,11,14,24H,6-7,10H2,1-3H3,(H,19,25)/t14-/m1/s1. The normalized spacial score (nSPS) is 12.5. The molecule has 7 nitrogen and oxygen atoms in total. The van der Waals surface area contributed by atoms with Gasteiger partial charge in [0.05, 0.1) is 35.7 Å². The number of hydrogen-bond acceptors (Lipinski definition) is 4. The number of carbonyl (C=O) groups excluding carboxylic acids is 1. The molecular weight excluding hydrogens is 318 g/mol. The number of amides is 1. The average molecular weight is 341 g/mol. The van der Waals surface area contributed by atoms with E-state index in [9.17, 15) is 4.79 Å². The van der Waals surface area contributed by atoms with Crippen LogP contribution < -0.4 is 5.32 Å². The van der Waals surface area contributed by atoms with E-state index < -0.39 is 0 Å². The average Bonchev–Trinajstić information content (AvgIpc) is 3.15. The highest BCUT2D eigenvalue weighted by molar-refractivity contribution is 5.97. The van der Waals surface area contributed by atoms with Gasteiger partial charge in [-0.15, -0.1) is 0 Å². The van der Waals surface area contributed by atoms with E-state index in [0.717, 1.165) is 22.4 Å². The van der Waals surface area contributed by atoms with Crippen molar-refractivity contribution < 1.29 is 9.90 Å². The molecule has 0 bridgehead atoms. The van der Waals surface area contributed by atoms with Gasteiger partial charge in [-0.3, -0.25) is 9.48 Å². The molecule has 132 valence electrons. The minimum atomic E-state index is -0.132. The van der Waals surface area contributed by atoms with Gasteiger partial charge in [-0.2, -0.15) is 5.10 Å². The van der Waals surface area contributed by atoms with Crippen LogP contribution in [0.15, 0.2) is 30.6 Å². The van der Waals surface area contributed by atoms with Crippen molar-refractivity contribution in [3.8, 4) is 0 Å². The molecule has 0 saturated heterocycles. The van der Waals surface area contributed by atoms with Gasteiger partial charge in [0.15, 0.2) is 0 Å². The number of nitrogens with one attached hydrogen (secondary N) is 1. The quantitative estimate of drug-likeness (QED) is 0.716. The molecule has 0 fully saturated rings. The van der Waals surface area contributed by atoms with Gasteiger partial charge < -0.3 is 15.0 Å². The third kappa shape index (κ3) is 3.56. The van der Waals surface area contributed by atoms with Gasteiger partial charge in [-0.1, -0.05) is 0 Å². The summed E-state index contributed by atoms with van der Waals surface area (Å²) in [4.78, 5) is 16.7. The molecule has 1 amide bonds. The minimum Gasteiger partial charge on any atom is -0.395 e. The Hall–Kier alpha value is -2.67. The summed E-state index contributed by atoms with van der Waals surface area (Å²) in [6, 6.07) is 7.50. The van der Waals surface area contributed by atoms with Crippen molar-refractivity contribution in [2.45, 2.75) is 33.4 Å². The van der Waals surface area contributed by atoms with Crippen LogP contribution in [-0.4, -0.2) is 43.5 Å². The number of fused-ring (bicyclic) bond motifs is 1. The van der Waals surface area contributed by atoms with Crippen LogP contribution in [-0.2, 0) is 6.54 Å². The molecule has 3 aromatic rings. The Balaban J connectivity index is 1.68. The van der Waals surface area contributed by atoms with Gasteiger partial charge in [0, 0.05) is 24.3 Å². The zero-order valence-corrected chi connectivity index (χ0v) is 14.7. The Morgan fingerprint density at radius 3 is 2.80 bits per heavy atom. The summed E-state index contributed by atoms with van der Waals surface area (Å²) in [6.07, 6.45) is 1.67. The predicted molar refractivity (Wildman–Crippen MR) is 95.6 cm³/mol. The minimum absolute atomic E-state index is 0.0535. The second kappa shape index (κ2) is 7.06. The van der Waals surface area contributed by atoms with Crippen molar-refractivity contribution >= 4 is 16.9 Å². The van der Waals surface area contributed by atoms with Crippen molar-refractivity contribution in [3.63, 3.8) is 0 Å². The predicted octanol–water partition coefficient (Wildman–Crippen LogP) is 1.83. The van der Waals surface area contributed by atoms with E-state index in [1.54, 1.807) is 18.5 Å². The zero-order chi connectivity index (χ0) is 18.0. The molecule has 25 heavy (non-hydrogen) atoms. The van der Waals surface area contributed by atoms with E-state index in [0.29, 0.717) is 18.7 Å².